The molecule has 29 heavy (non-hydrogen) atoms. The van der Waals surface area contributed by atoms with Crippen LogP contribution in [0.1, 0.15) is 23.7 Å². The molecule has 0 saturated heterocycles. The first-order valence-electron chi connectivity index (χ1n) is 8.63. The van der Waals surface area contributed by atoms with Crippen molar-refractivity contribution in [2.45, 2.75) is 18.8 Å². The van der Waals surface area contributed by atoms with E-state index in [-0.39, 0.29) is 36.7 Å². The lowest BCUT2D eigenvalue weighted by molar-refractivity contribution is -0.137. The van der Waals surface area contributed by atoms with Crippen molar-refractivity contribution in [1.29, 1.82) is 0 Å². The Balaban J connectivity index is 0.00000300. The highest BCUT2D eigenvalue weighted by atomic mass is 35.5. The van der Waals surface area contributed by atoms with Crippen molar-refractivity contribution in [2.75, 3.05) is 13.2 Å². The van der Waals surface area contributed by atoms with Crippen LogP contribution in [0.3, 0.4) is 0 Å². The molecule has 0 spiro atoms. The number of benzene rings is 2. The molecule has 1 atom stereocenters. The summed E-state index contributed by atoms with van der Waals surface area (Å²) in [5, 5.41) is 0. The van der Waals surface area contributed by atoms with E-state index in [2.05, 4.69) is 9.98 Å². The standard InChI is InChI=1S/C19H20F3N5O.ClH/c20-19(21,22)14-8-4-9-15(12-14)28-11-5-10-27-16(13-6-2-1-3-7-13)25-17(23)26-18(27)24;/h1-4,6-9,12,16H,5,10-11H2,(H4,23,24,25,26);1H. The van der Waals surface area contributed by atoms with Gasteiger partial charge in [0.05, 0.1) is 12.2 Å². The Labute approximate surface area is 172 Å². The summed E-state index contributed by atoms with van der Waals surface area (Å²) in [5.74, 6) is 0.500. The molecule has 1 aliphatic rings. The fourth-order valence-electron chi connectivity index (χ4n) is 2.83. The van der Waals surface area contributed by atoms with Crippen molar-refractivity contribution in [3.63, 3.8) is 0 Å². The molecule has 1 aliphatic heterocycles. The molecule has 6 nitrogen and oxygen atoms in total. The summed E-state index contributed by atoms with van der Waals surface area (Å²) in [5.41, 5.74) is 11.9. The van der Waals surface area contributed by atoms with E-state index in [9.17, 15) is 13.2 Å². The number of nitrogens with zero attached hydrogens (tertiary/aromatic N) is 3. The minimum Gasteiger partial charge on any atom is -0.494 e. The topological polar surface area (TPSA) is 89.2 Å². The summed E-state index contributed by atoms with van der Waals surface area (Å²) in [7, 11) is 0. The Morgan fingerprint density at radius 1 is 1.03 bits per heavy atom. The second kappa shape index (κ2) is 9.51. The number of rotatable bonds is 6. The van der Waals surface area contributed by atoms with E-state index < -0.39 is 17.9 Å². The first kappa shape index (κ1) is 22.4. The van der Waals surface area contributed by atoms with Gasteiger partial charge in [0.25, 0.3) is 0 Å². The predicted molar refractivity (Wildman–Crippen MR) is 108 cm³/mol. The van der Waals surface area contributed by atoms with E-state index in [0.717, 1.165) is 17.7 Å². The Kier molecular flexibility index (Phi) is 7.33. The molecule has 156 valence electrons. The second-order valence-corrected chi connectivity index (χ2v) is 6.16. The van der Waals surface area contributed by atoms with Crippen LogP contribution in [0.2, 0.25) is 0 Å². The zero-order valence-corrected chi connectivity index (χ0v) is 16.2. The molecule has 0 amide bonds. The van der Waals surface area contributed by atoms with Crippen molar-refractivity contribution in [1.82, 2.24) is 4.90 Å². The number of nitrogens with two attached hydrogens (primary N) is 2. The van der Waals surface area contributed by atoms with Crippen molar-refractivity contribution in [3.05, 3.63) is 65.7 Å². The third-order valence-electron chi connectivity index (χ3n) is 4.14. The zero-order chi connectivity index (χ0) is 20.1. The molecule has 0 saturated carbocycles. The van der Waals surface area contributed by atoms with Crippen molar-refractivity contribution < 1.29 is 17.9 Å². The molecular formula is C19H21ClF3N5O. The maximum absolute atomic E-state index is 12.8. The molecular weight excluding hydrogens is 407 g/mol. The van der Waals surface area contributed by atoms with E-state index in [0.29, 0.717) is 13.0 Å². The molecule has 1 heterocycles. The van der Waals surface area contributed by atoms with Crippen LogP contribution < -0.4 is 16.2 Å². The quantitative estimate of drug-likeness (QED) is 0.690. The number of aliphatic imine (C=N–C) groups is 2. The minimum absolute atomic E-state index is 0. The second-order valence-electron chi connectivity index (χ2n) is 6.16. The van der Waals surface area contributed by atoms with Crippen LogP contribution in [0, 0.1) is 0 Å². The van der Waals surface area contributed by atoms with E-state index in [1.54, 1.807) is 4.90 Å². The van der Waals surface area contributed by atoms with Gasteiger partial charge in [0.1, 0.15) is 5.75 Å². The SMILES string of the molecule is Cl.NC1=NC(c2ccccc2)N(CCCOc2cccc(C(F)(F)F)c2)C(N)=N1. The maximum Gasteiger partial charge on any atom is 0.416 e. The van der Waals surface area contributed by atoms with Gasteiger partial charge in [-0.05, 0) is 30.2 Å². The fourth-order valence-corrected chi connectivity index (χ4v) is 2.83. The van der Waals surface area contributed by atoms with Gasteiger partial charge in [0.15, 0.2) is 6.17 Å². The van der Waals surface area contributed by atoms with Crippen molar-refractivity contribution in [3.8, 4) is 5.75 Å². The van der Waals surface area contributed by atoms with Crippen LogP contribution in [0.5, 0.6) is 5.75 Å². The van der Waals surface area contributed by atoms with Crippen LogP contribution in [-0.2, 0) is 6.18 Å². The largest absolute Gasteiger partial charge is 0.494 e. The molecule has 0 bridgehead atoms. The van der Waals surface area contributed by atoms with Gasteiger partial charge < -0.3 is 21.1 Å². The first-order valence-corrected chi connectivity index (χ1v) is 8.63. The number of hydrogen-bond acceptors (Lipinski definition) is 6. The number of hydrogen-bond donors (Lipinski definition) is 2. The molecule has 3 rings (SSSR count). The Morgan fingerprint density at radius 2 is 1.76 bits per heavy atom. The van der Waals surface area contributed by atoms with E-state index >= 15 is 0 Å². The van der Waals surface area contributed by atoms with Gasteiger partial charge in [-0.2, -0.15) is 18.2 Å². The predicted octanol–water partition coefficient (Wildman–Crippen LogP) is 3.54. The van der Waals surface area contributed by atoms with Gasteiger partial charge in [-0.1, -0.05) is 36.4 Å². The molecule has 2 aromatic rings. The lowest BCUT2D eigenvalue weighted by atomic mass is 10.1. The van der Waals surface area contributed by atoms with E-state index in [4.69, 9.17) is 16.2 Å². The van der Waals surface area contributed by atoms with Gasteiger partial charge in [0.2, 0.25) is 11.9 Å². The average Bonchev–Trinajstić information content (AvgIpc) is 2.66. The fraction of sp³-hybridized carbons (Fsp3) is 0.263. The van der Waals surface area contributed by atoms with Gasteiger partial charge in [0, 0.05) is 6.54 Å². The highest BCUT2D eigenvalue weighted by Gasteiger charge is 2.30. The third-order valence-corrected chi connectivity index (χ3v) is 4.14. The zero-order valence-electron chi connectivity index (χ0n) is 15.3. The van der Waals surface area contributed by atoms with Crippen molar-refractivity contribution >= 4 is 24.3 Å². The van der Waals surface area contributed by atoms with Crippen LogP contribution in [0.25, 0.3) is 0 Å². The summed E-state index contributed by atoms with van der Waals surface area (Å²) < 4.78 is 43.8. The van der Waals surface area contributed by atoms with E-state index in [1.165, 1.54) is 12.1 Å². The van der Waals surface area contributed by atoms with E-state index in [1.807, 2.05) is 30.3 Å². The number of halogens is 4. The first-order chi connectivity index (χ1) is 13.3. The van der Waals surface area contributed by atoms with Gasteiger partial charge >= 0.3 is 6.18 Å². The van der Waals surface area contributed by atoms with Gasteiger partial charge in [-0.15, -0.1) is 12.4 Å². The number of alkyl halides is 3. The monoisotopic (exact) mass is 427 g/mol. The molecule has 0 aromatic heterocycles. The van der Waals surface area contributed by atoms with Crippen LogP contribution >= 0.6 is 12.4 Å². The highest BCUT2D eigenvalue weighted by molar-refractivity contribution is 5.95. The molecule has 0 aliphatic carbocycles. The number of guanidine groups is 2. The normalized spacial score (nSPS) is 16.5. The molecule has 4 N–H and O–H groups in total. The molecule has 0 fully saturated rings. The Hall–Kier alpha value is -2.94. The summed E-state index contributed by atoms with van der Waals surface area (Å²) in [6.07, 6.45) is -4.31. The van der Waals surface area contributed by atoms with Gasteiger partial charge in [-0.3, -0.25) is 0 Å². The molecule has 10 heteroatoms. The summed E-state index contributed by atoms with van der Waals surface area (Å²) in [6.45, 7) is 0.663. The van der Waals surface area contributed by atoms with Gasteiger partial charge in [-0.25, -0.2) is 4.99 Å². The maximum atomic E-state index is 12.8. The summed E-state index contributed by atoms with van der Waals surface area (Å²) in [4.78, 5) is 10.1. The lowest BCUT2D eigenvalue weighted by Gasteiger charge is -2.32. The third kappa shape index (κ3) is 5.77. The Bertz CT molecular complexity index is 874. The highest BCUT2D eigenvalue weighted by Crippen LogP contribution is 2.31. The Morgan fingerprint density at radius 3 is 2.45 bits per heavy atom. The van der Waals surface area contributed by atoms with Crippen LogP contribution in [0.4, 0.5) is 13.2 Å². The van der Waals surface area contributed by atoms with Crippen LogP contribution in [0.15, 0.2) is 64.6 Å². The summed E-state index contributed by atoms with van der Waals surface area (Å²) >= 11 is 0. The summed E-state index contributed by atoms with van der Waals surface area (Å²) in [6, 6.07) is 14.3. The van der Waals surface area contributed by atoms with Crippen LogP contribution in [-0.4, -0.2) is 30.0 Å². The molecule has 2 aromatic carbocycles. The van der Waals surface area contributed by atoms with Crippen molar-refractivity contribution in [2.24, 2.45) is 21.5 Å². The molecule has 1 unspecified atom stereocenters. The average molecular weight is 428 g/mol. The smallest absolute Gasteiger partial charge is 0.416 e. The lowest BCUT2D eigenvalue weighted by Crippen LogP contribution is -2.44. The minimum atomic E-state index is -4.40. The number of ether oxygens (including phenoxy) is 1. The molecule has 0 radical (unpaired) electrons.